The fourth-order valence-electron chi connectivity index (χ4n) is 1.41. The van der Waals surface area contributed by atoms with Gasteiger partial charge in [-0.1, -0.05) is 23.7 Å². The molecule has 0 saturated heterocycles. The van der Waals surface area contributed by atoms with Crippen LogP contribution in [-0.4, -0.2) is 12.0 Å². The summed E-state index contributed by atoms with van der Waals surface area (Å²) in [5.74, 6) is 1.32. The highest BCUT2D eigenvalue weighted by Crippen LogP contribution is 2.28. The minimum atomic E-state index is 0.590. The van der Waals surface area contributed by atoms with E-state index in [1.807, 2.05) is 37.4 Å². The molecule has 1 aromatic heterocycles. The highest BCUT2D eigenvalue weighted by molar-refractivity contribution is 6.32. The molecular weight excluding hydrogens is 236 g/mol. The Morgan fingerprint density at radius 1 is 1.24 bits per heavy atom. The molecule has 1 heterocycles. The third kappa shape index (κ3) is 3.19. The molecule has 0 aliphatic rings. The number of hydrogen-bond donors (Lipinski definition) is 1. The van der Waals surface area contributed by atoms with Gasteiger partial charge in [0.15, 0.2) is 0 Å². The molecule has 88 valence electrons. The Morgan fingerprint density at radius 3 is 2.71 bits per heavy atom. The van der Waals surface area contributed by atoms with Gasteiger partial charge in [0, 0.05) is 6.54 Å². The molecule has 0 aliphatic heterocycles. The second kappa shape index (κ2) is 5.66. The van der Waals surface area contributed by atoms with E-state index in [9.17, 15) is 0 Å². The summed E-state index contributed by atoms with van der Waals surface area (Å²) in [6.45, 7) is 0.742. The third-order valence-electron chi connectivity index (χ3n) is 2.22. The predicted octanol–water partition coefficient (Wildman–Crippen LogP) is 3.25. The minimum absolute atomic E-state index is 0.590. The van der Waals surface area contributed by atoms with Crippen LogP contribution in [0.15, 0.2) is 42.6 Å². The molecule has 1 aromatic carbocycles. The highest BCUT2D eigenvalue weighted by Gasteiger charge is 2.02. The maximum absolute atomic E-state index is 6.00. The van der Waals surface area contributed by atoms with Crippen molar-refractivity contribution in [2.24, 2.45) is 0 Å². The van der Waals surface area contributed by atoms with Crippen molar-refractivity contribution in [2.75, 3.05) is 7.05 Å². The van der Waals surface area contributed by atoms with Crippen molar-refractivity contribution in [3.63, 3.8) is 0 Å². The molecule has 17 heavy (non-hydrogen) atoms. The smallest absolute Gasteiger partial charge is 0.146 e. The average molecular weight is 249 g/mol. The van der Waals surface area contributed by atoms with Gasteiger partial charge in [-0.05, 0) is 31.3 Å². The molecule has 2 rings (SSSR count). The van der Waals surface area contributed by atoms with Crippen LogP contribution in [0.4, 0.5) is 0 Å². The number of hydrogen-bond acceptors (Lipinski definition) is 3. The molecule has 0 radical (unpaired) electrons. The molecule has 0 atom stereocenters. The standard InChI is InChI=1S/C13H13ClN2O/c1-15-8-10-6-7-11(9-16-10)17-13-5-3-2-4-12(13)14/h2-7,9,15H,8H2,1H3. The van der Waals surface area contributed by atoms with Crippen LogP contribution >= 0.6 is 11.6 Å². The summed E-state index contributed by atoms with van der Waals surface area (Å²) >= 11 is 6.00. The van der Waals surface area contributed by atoms with Gasteiger partial charge >= 0.3 is 0 Å². The first-order valence-corrected chi connectivity index (χ1v) is 5.69. The van der Waals surface area contributed by atoms with Gasteiger partial charge in [0.1, 0.15) is 11.5 Å². The van der Waals surface area contributed by atoms with Crippen LogP contribution in [0.5, 0.6) is 11.5 Å². The van der Waals surface area contributed by atoms with E-state index in [0.717, 1.165) is 12.2 Å². The number of rotatable bonds is 4. The van der Waals surface area contributed by atoms with E-state index >= 15 is 0 Å². The van der Waals surface area contributed by atoms with E-state index in [2.05, 4.69) is 10.3 Å². The molecule has 0 spiro atoms. The minimum Gasteiger partial charge on any atom is -0.454 e. The Labute approximate surface area is 105 Å². The zero-order chi connectivity index (χ0) is 12.1. The fourth-order valence-corrected chi connectivity index (χ4v) is 1.59. The van der Waals surface area contributed by atoms with Crippen LogP contribution in [0.25, 0.3) is 0 Å². The summed E-state index contributed by atoms with van der Waals surface area (Å²) < 4.78 is 5.63. The van der Waals surface area contributed by atoms with Crippen molar-refractivity contribution < 1.29 is 4.74 Å². The lowest BCUT2D eigenvalue weighted by atomic mass is 10.3. The van der Waals surface area contributed by atoms with Crippen LogP contribution < -0.4 is 10.1 Å². The summed E-state index contributed by atoms with van der Waals surface area (Å²) in [7, 11) is 1.88. The number of nitrogens with one attached hydrogen (secondary N) is 1. The largest absolute Gasteiger partial charge is 0.454 e. The summed E-state index contributed by atoms with van der Waals surface area (Å²) in [6.07, 6.45) is 1.69. The van der Waals surface area contributed by atoms with Gasteiger partial charge in [0.25, 0.3) is 0 Å². The molecule has 0 bridgehead atoms. The van der Waals surface area contributed by atoms with Gasteiger partial charge in [-0.25, -0.2) is 0 Å². The molecule has 0 aliphatic carbocycles. The maximum Gasteiger partial charge on any atom is 0.146 e. The second-order valence-corrected chi connectivity index (χ2v) is 3.96. The molecule has 0 unspecified atom stereocenters. The van der Waals surface area contributed by atoms with Crippen molar-refractivity contribution in [1.82, 2.24) is 10.3 Å². The normalized spacial score (nSPS) is 10.2. The Morgan fingerprint density at radius 2 is 2.06 bits per heavy atom. The summed E-state index contributed by atoms with van der Waals surface area (Å²) in [4.78, 5) is 4.26. The van der Waals surface area contributed by atoms with Gasteiger partial charge < -0.3 is 10.1 Å². The topological polar surface area (TPSA) is 34.1 Å². The second-order valence-electron chi connectivity index (χ2n) is 3.55. The molecule has 3 nitrogen and oxygen atoms in total. The summed E-state index contributed by atoms with van der Waals surface area (Å²) in [5, 5.41) is 3.63. The number of halogens is 1. The molecule has 1 N–H and O–H groups in total. The summed E-state index contributed by atoms with van der Waals surface area (Å²) in [6, 6.07) is 11.2. The molecular formula is C13H13ClN2O. The fraction of sp³-hybridized carbons (Fsp3) is 0.154. The number of para-hydroxylation sites is 1. The van der Waals surface area contributed by atoms with Crippen LogP contribution in [0.2, 0.25) is 5.02 Å². The number of aromatic nitrogens is 1. The van der Waals surface area contributed by atoms with Crippen LogP contribution in [0.3, 0.4) is 0 Å². The van der Waals surface area contributed by atoms with Crippen molar-refractivity contribution in [3.05, 3.63) is 53.3 Å². The third-order valence-corrected chi connectivity index (χ3v) is 2.53. The molecule has 0 fully saturated rings. The van der Waals surface area contributed by atoms with E-state index in [1.165, 1.54) is 0 Å². The van der Waals surface area contributed by atoms with Gasteiger partial charge in [0.05, 0.1) is 16.9 Å². The average Bonchev–Trinajstić information content (AvgIpc) is 2.35. The summed E-state index contributed by atoms with van der Waals surface area (Å²) in [5.41, 5.74) is 0.971. The highest BCUT2D eigenvalue weighted by atomic mass is 35.5. The van der Waals surface area contributed by atoms with Crippen LogP contribution in [0, 0.1) is 0 Å². The zero-order valence-corrected chi connectivity index (χ0v) is 10.2. The molecule has 4 heteroatoms. The first kappa shape index (κ1) is 11.9. The van der Waals surface area contributed by atoms with E-state index in [1.54, 1.807) is 12.3 Å². The Balaban J connectivity index is 2.11. The number of benzene rings is 1. The van der Waals surface area contributed by atoms with E-state index in [0.29, 0.717) is 16.5 Å². The Bertz CT molecular complexity index is 485. The molecule has 0 amide bonds. The van der Waals surface area contributed by atoms with E-state index in [4.69, 9.17) is 16.3 Å². The number of nitrogens with zero attached hydrogens (tertiary/aromatic N) is 1. The van der Waals surface area contributed by atoms with Gasteiger partial charge in [-0.3, -0.25) is 4.98 Å². The Kier molecular flexibility index (Phi) is 3.96. The zero-order valence-electron chi connectivity index (χ0n) is 9.48. The monoisotopic (exact) mass is 248 g/mol. The number of ether oxygens (including phenoxy) is 1. The lowest BCUT2D eigenvalue weighted by Crippen LogP contribution is -2.06. The van der Waals surface area contributed by atoms with E-state index in [-0.39, 0.29) is 0 Å². The van der Waals surface area contributed by atoms with Crippen molar-refractivity contribution in [1.29, 1.82) is 0 Å². The quantitative estimate of drug-likeness (QED) is 0.902. The SMILES string of the molecule is CNCc1ccc(Oc2ccccc2Cl)cn1. The molecule has 0 saturated carbocycles. The van der Waals surface area contributed by atoms with Crippen molar-refractivity contribution in [2.45, 2.75) is 6.54 Å². The van der Waals surface area contributed by atoms with Gasteiger partial charge in [0.2, 0.25) is 0 Å². The van der Waals surface area contributed by atoms with E-state index < -0.39 is 0 Å². The van der Waals surface area contributed by atoms with Crippen molar-refractivity contribution >= 4 is 11.6 Å². The molecule has 2 aromatic rings. The van der Waals surface area contributed by atoms with Gasteiger partial charge in [-0.15, -0.1) is 0 Å². The lowest BCUT2D eigenvalue weighted by molar-refractivity contribution is 0.480. The first-order chi connectivity index (χ1) is 8.29. The first-order valence-electron chi connectivity index (χ1n) is 5.31. The Hall–Kier alpha value is -1.58. The van der Waals surface area contributed by atoms with Crippen molar-refractivity contribution in [3.8, 4) is 11.5 Å². The lowest BCUT2D eigenvalue weighted by Gasteiger charge is -2.07. The van der Waals surface area contributed by atoms with Gasteiger partial charge in [-0.2, -0.15) is 0 Å². The predicted molar refractivity (Wildman–Crippen MR) is 68.5 cm³/mol. The number of pyridine rings is 1. The van der Waals surface area contributed by atoms with Crippen LogP contribution in [0.1, 0.15) is 5.69 Å². The van der Waals surface area contributed by atoms with Crippen LogP contribution in [-0.2, 0) is 6.54 Å². The maximum atomic E-state index is 6.00.